The lowest BCUT2D eigenvalue weighted by molar-refractivity contribution is 0.0698. The first-order valence-corrected chi connectivity index (χ1v) is 6.78. The van der Waals surface area contributed by atoms with Gasteiger partial charge in [-0.3, -0.25) is 15.0 Å². The van der Waals surface area contributed by atoms with Crippen molar-refractivity contribution in [2.45, 2.75) is 13.5 Å². The van der Waals surface area contributed by atoms with Crippen molar-refractivity contribution in [1.29, 1.82) is 0 Å². The fourth-order valence-electron chi connectivity index (χ4n) is 1.50. The summed E-state index contributed by atoms with van der Waals surface area (Å²) >= 11 is 1.04. The molecule has 112 valence electrons. The minimum atomic E-state index is -1.19. The van der Waals surface area contributed by atoms with Crippen molar-refractivity contribution in [2.75, 3.05) is 12.0 Å². The van der Waals surface area contributed by atoms with E-state index in [4.69, 9.17) is 5.11 Å². The summed E-state index contributed by atoms with van der Waals surface area (Å²) in [4.78, 5) is 44.8. The Labute approximate surface area is 121 Å². The normalized spacial score (nSPS) is 10.5. The highest BCUT2D eigenvalue weighted by atomic mass is 32.1. The van der Waals surface area contributed by atoms with E-state index in [-0.39, 0.29) is 23.1 Å². The van der Waals surface area contributed by atoms with Gasteiger partial charge < -0.3 is 15.7 Å². The second kappa shape index (κ2) is 5.79. The van der Waals surface area contributed by atoms with Crippen LogP contribution in [0.1, 0.15) is 22.2 Å². The molecule has 21 heavy (non-hydrogen) atoms. The average molecular weight is 312 g/mol. The maximum absolute atomic E-state index is 11.3. The van der Waals surface area contributed by atoms with Gasteiger partial charge in [0.15, 0.2) is 0 Å². The number of carboxylic acids is 1. The predicted molar refractivity (Wildman–Crippen MR) is 75.6 cm³/mol. The lowest BCUT2D eigenvalue weighted by Crippen LogP contribution is -2.34. The van der Waals surface area contributed by atoms with Crippen LogP contribution in [-0.2, 0) is 6.54 Å². The molecule has 0 spiro atoms. The molecular formula is C11H12N4O5S. The maximum Gasteiger partial charge on any atom is 0.340 e. The van der Waals surface area contributed by atoms with Crippen molar-refractivity contribution in [2.24, 2.45) is 0 Å². The van der Waals surface area contributed by atoms with Gasteiger partial charge in [-0.2, -0.15) is 4.68 Å². The van der Waals surface area contributed by atoms with E-state index in [1.165, 1.54) is 6.07 Å². The summed E-state index contributed by atoms with van der Waals surface area (Å²) < 4.78 is 0.722. The third-order valence-electron chi connectivity index (χ3n) is 2.53. The fourth-order valence-corrected chi connectivity index (χ4v) is 2.48. The van der Waals surface area contributed by atoms with E-state index in [1.54, 1.807) is 6.92 Å². The van der Waals surface area contributed by atoms with Crippen molar-refractivity contribution in [1.82, 2.24) is 15.3 Å². The molecule has 2 rings (SSSR count). The number of hydrogen-bond donors (Lipinski definition) is 4. The minimum Gasteiger partial charge on any atom is -0.478 e. The van der Waals surface area contributed by atoms with Crippen LogP contribution in [0.2, 0.25) is 0 Å². The van der Waals surface area contributed by atoms with Crippen LogP contribution in [0.15, 0.2) is 15.7 Å². The molecule has 10 heteroatoms. The summed E-state index contributed by atoms with van der Waals surface area (Å²) in [7, 11) is 0. The largest absolute Gasteiger partial charge is 0.478 e. The number of aromatic nitrogens is 1. The summed E-state index contributed by atoms with van der Waals surface area (Å²) in [6.45, 7) is 2.39. The van der Waals surface area contributed by atoms with Crippen LogP contribution in [0.5, 0.6) is 0 Å². The zero-order valence-electron chi connectivity index (χ0n) is 10.9. The molecule has 2 aromatic rings. The summed E-state index contributed by atoms with van der Waals surface area (Å²) in [6.07, 6.45) is 0. The van der Waals surface area contributed by atoms with Crippen LogP contribution in [0.4, 0.5) is 9.80 Å². The summed E-state index contributed by atoms with van der Waals surface area (Å²) in [5.41, 5.74) is 0.932. The van der Waals surface area contributed by atoms with Crippen LogP contribution in [0.25, 0.3) is 0 Å². The Morgan fingerprint density at radius 3 is 2.48 bits per heavy atom. The van der Waals surface area contributed by atoms with E-state index < -0.39 is 17.1 Å². The third kappa shape index (κ3) is 3.28. The highest BCUT2D eigenvalue weighted by Crippen LogP contribution is 2.28. The number of anilines is 1. The molecule has 2 aromatic heterocycles. The molecule has 2 amide bonds. The molecular weight excluding hydrogens is 300 g/mol. The van der Waals surface area contributed by atoms with E-state index in [0.717, 1.165) is 16.0 Å². The van der Waals surface area contributed by atoms with Crippen LogP contribution >= 0.6 is 11.3 Å². The molecule has 9 nitrogen and oxygen atoms in total. The molecule has 0 aliphatic carbocycles. The molecule has 0 fully saturated rings. The average Bonchev–Trinajstić information content (AvgIpc) is 2.86. The number of carbonyl (C=O) groups excluding carboxylic acids is 1. The van der Waals surface area contributed by atoms with Gasteiger partial charge in [-0.15, -0.1) is 11.3 Å². The molecule has 0 aliphatic heterocycles. The van der Waals surface area contributed by atoms with E-state index in [1.807, 2.05) is 0 Å². The number of hydrogen-bond acceptors (Lipinski definition) is 6. The highest BCUT2D eigenvalue weighted by Gasteiger charge is 2.21. The number of rotatable bonds is 6. The highest BCUT2D eigenvalue weighted by molar-refractivity contribution is 7.16. The molecule has 0 aromatic carbocycles. The van der Waals surface area contributed by atoms with Gasteiger partial charge in [0, 0.05) is 11.4 Å². The Kier molecular flexibility index (Phi) is 4.08. The smallest absolute Gasteiger partial charge is 0.340 e. The summed E-state index contributed by atoms with van der Waals surface area (Å²) in [5.74, 6) is -1.19. The van der Waals surface area contributed by atoms with Gasteiger partial charge in [0.1, 0.15) is 5.00 Å². The quantitative estimate of drug-likeness (QED) is 0.534. The number of amides is 2. The number of thiophene rings is 1. The fraction of sp³-hybridized carbons (Fsp3) is 0.273. The molecule has 0 radical (unpaired) electrons. The van der Waals surface area contributed by atoms with Crippen LogP contribution in [0.3, 0.4) is 0 Å². The van der Waals surface area contributed by atoms with Crippen molar-refractivity contribution >= 4 is 28.3 Å². The molecule has 0 aliphatic rings. The van der Waals surface area contributed by atoms with Gasteiger partial charge >= 0.3 is 23.1 Å². The molecule has 0 bridgehead atoms. The van der Waals surface area contributed by atoms with Crippen LogP contribution in [0, 0.1) is 0 Å². The van der Waals surface area contributed by atoms with Crippen molar-refractivity contribution < 1.29 is 14.7 Å². The van der Waals surface area contributed by atoms with E-state index in [2.05, 4.69) is 16.1 Å². The zero-order chi connectivity index (χ0) is 15.6. The Hall–Kier alpha value is -2.62. The molecule has 0 unspecified atom stereocenters. The monoisotopic (exact) mass is 312 g/mol. The van der Waals surface area contributed by atoms with Gasteiger partial charge in [0.25, 0.3) is 0 Å². The lowest BCUT2D eigenvalue weighted by Gasteiger charge is -2.03. The second-order valence-corrected chi connectivity index (χ2v) is 5.17. The van der Waals surface area contributed by atoms with Gasteiger partial charge in [-0.05, 0) is 13.0 Å². The van der Waals surface area contributed by atoms with E-state index in [9.17, 15) is 19.2 Å². The number of carboxylic acid groups (broad SMARTS) is 1. The first kappa shape index (κ1) is 14.8. The van der Waals surface area contributed by atoms with Crippen molar-refractivity contribution in [3.63, 3.8) is 0 Å². The summed E-state index contributed by atoms with van der Waals surface area (Å²) in [5, 5.41) is 14.3. The van der Waals surface area contributed by atoms with Crippen LogP contribution < -0.4 is 27.2 Å². The predicted octanol–water partition coefficient (Wildman–Crippen LogP) is -0.462. The molecule has 0 atom stereocenters. The SMILES string of the molecule is CCNC(=O)NCc1cc(C(=O)O)c(Nn2c(=O)c2=O)s1. The first-order chi connectivity index (χ1) is 9.93. The Morgan fingerprint density at radius 1 is 1.29 bits per heavy atom. The molecule has 0 saturated carbocycles. The second-order valence-electron chi connectivity index (χ2n) is 4.03. The third-order valence-corrected chi connectivity index (χ3v) is 3.57. The van der Waals surface area contributed by atoms with Gasteiger partial charge in [0.2, 0.25) is 0 Å². The molecule has 2 heterocycles. The standard InChI is InChI=1S/C11H12N4O5S/c1-2-12-11(20)13-4-5-3-6(10(18)19)7(21-5)14-15-8(16)9(15)17/h3,14H,2,4H2,1H3,(H,18,19)(H2,12,13,20). The van der Waals surface area contributed by atoms with E-state index >= 15 is 0 Å². The van der Waals surface area contributed by atoms with Gasteiger partial charge in [-0.25, -0.2) is 9.59 Å². The minimum absolute atomic E-state index is 0.0693. The Balaban J connectivity index is 2.11. The number of nitrogens with one attached hydrogen (secondary N) is 3. The number of carbonyl (C=O) groups is 2. The first-order valence-electron chi connectivity index (χ1n) is 5.96. The number of aromatic carboxylic acids is 1. The number of urea groups is 1. The Morgan fingerprint density at radius 2 is 1.95 bits per heavy atom. The van der Waals surface area contributed by atoms with Crippen molar-refractivity contribution in [3.8, 4) is 0 Å². The Bertz CT molecular complexity index is 729. The van der Waals surface area contributed by atoms with Gasteiger partial charge in [-0.1, -0.05) is 0 Å². The maximum atomic E-state index is 11.3. The lowest BCUT2D eigenvalue weighted by atomic mass is 10.3. The topological polar surface area (TPSA) is 130 Å². The molecule has 4 N–H and O–H groups in total. The van der Waals surface area contributed by atoms with Gasteiger partial charge in [0.05, 0.1) is 12.1 Å². The molecule has 0 saturated heterocycles. The zero-order valence-corrected chi connectivity index (χ0v) is 11.7. The van der Waals surface area contributed by atoms with E-state index in [0.29, 0.717) is 11.4 Å². The van der Waals surface area contributed by atoms with Crippen LogP contribution in [-0.4, -0.2) is 28.3 Å². The number of nitrogens with zero attached hydrogens (tertiary/aromatic N) is 1. The van der Waals surface area contributed by atoms with Crippen molar-refractivity contribution in [3.05, 3.63) is 37.2 Å². The summed E-state index contributed by atoms with van der Waals surface area (Å²) in [6, 6.07) is 1.01.